The molecule has 0 spiro atoms. The summed E-state index contributed by atoms with van der Waals surface area (Å²) in [6, 6.07) is 5.97. The van der Waals surface area contributed by atoms with E-state index in [0.29, 0.717) is 10.6 Å². The van der Waals surface area contributed by atoms with E-state index in [9.17, 15) is 18.0 Å². The number of benzene rings is 1. The van der Waals surface area contributed by atoms with Crippen molar-refractivity contribution in [2.24, 2.45) is 0 Å². The van der Waals surface area contributed by atoms with Crippen molar-refractivity contribution in [2.45, 2.75) is 19.0 Å². The van der Waals surface area contributed by atoms with Crippen LogP contribution in [0.2, 0.25) is 5.02 Å². The summed E-state index contributed by atoms with van der Waals surface area (Å²) in [7, 11) is 1.19. The van der Waals surface area contributed by atoms with Gasteiger partial charge in [0.15, 0.2) is 0 Å². The van der Waals surface area contributed by atoms with Crippen molar-refractivity contribution in [3.8, 4) is 0 Å². The number of alkyl halides is 3. The predicted molar refractivity (Wildman–Crippen MR) is 66.7 cm³/mol. The van der Waals surface area contributed by atoms with Gasteiger partial charge in [0.25, 0.3) is 0 Å². The normalized spacial score (nSPS) is 12.4. The fraction of sp³-hybridized carbons (Fsp3) is 0.308. The van der Waals surface area contributed by atoms with Gasteiger partial charge in [0.2, 0.25) is 0 Å². The molecular weight excluding hydrogens is 281 g/mol. The minimum atomic E-state index is -4.44. The van der Waals surface area contributed by atoms with E-state index in [1.165, 1.54) is 31.4 Å². The smallest absolute Gasteiger partial charge is 0.410 e. The summed E-state index contributed by atoms with van der Waals surface area (Å²) in [5.41, 5.74) is 0.403. The molecule has 0 atom stereocenters. The van der Waals surface area contributed by atoms with Gasteiger partial charge in [-0.1, -0.05) is 23.7 Å². The third kappa shape index (κ3) is 5.79. The summed E-state index contributed by atoms with van der Waals surface area (Å²) < 4.78 is 41.8. The summed E-state index contributed by atoms with van der Waals surface area (Å²) in [5.74, 6) is -0.554. The molecule has 0 fully saturated rings. The summed E-state index contributed by atoms with van der Waals surface area (Å²) in [6.45, 7) is 0. The van der Waals surface area contributed by atoms with Gasteiger partial charge in [-0.3, -0.25) is 4.79 Å². The number of hydrogen-bond acceptors (Lipinski definition) is 2. The highest BCUT2D eigenvalue weighted by atomic mass is 35.5. The first-order valence-electron chi connectivity index (χ1n) is 5.43. The van der Waals surface area contributed by atoms with E-state index >= 15 is 0 Å². The van der Waals surface area contributed by atoms with Gasteiger partial charge >= 0.3 is 12.1 Å². The van der Waals surface area contributed by atoms with Crippen LogP contribution in [0.15, 0.2) is 30.3 Å². The Morgan fingerprint density at radius 2 is 1.84 bits per heavy atom. The number of ether oxygens (including phenoxy) is 1. The average Bonchev–Trinajstić information content (AvgIpc) is 2.33. The van der Waals surface area contributed by atoms with Crippen LogP contribution in [0.3, 0.4) is 0 Å². The van der Waals surface area contributed by atoms with Crippen LogP contribution in [0.25, 0.3) is 5.57 Å². The van der Waals surface area contributed by atoms with Gasteiger partial charge in [0, 0.05) is 17.5 Å². The minimum absolute atomic E-state index is 0.0227. The van der Waals surface area contributed by atoms with Crippen LogP contribution < -0.4 is 0 Å². The lowest BCUT2D eigenvalue weighted by molar-refractivity contribution is -0.140. The minimum Gasteiger partial charge on any atom is -0.469 e. The van der Waals surface area contributed by atoms with Crippen LogP contribution in [0.5, 0.6) is 0 Å². The topological polar surface area (TPSA) is 26.3 Å². The highest BCUT2D eigenvalue weighted by Crippen LogP contribution is 2.28. The predicted octanol–water partition coefficient (Wildman–Crippen LogP) is 4.24. The van der Waals surface area contributed by atoms with Crippen LogP contribution in [0.1, 0.15) is 18.4 Å². The van der Waals surface area contributed by atoms with Crippen LogP contribution in [-0.4, -0.2) is 19.3 Å². The Kier molecular flexibility index (Phi) is 5.42. The van der Waals surface area contributed by atoms with Crippen molar-refractivity contribution >= 4 is 23.1 Å². The van der Waals surface area contributed by atoms with Crippen molar-refractivity contribution in [3.63, 3.8) is 0 Å². The molecule has 1 aromatic rings. The second-order valence-corrected chi connectivity index (χ2v) is 4.23. The zero-order chi connectivity index (χ0) is 14.5. The lowest BCUT2D eigenvalue weighted by Gasteiger charge is -2.09. The first kappa shape index (κ1) is 15.6. The summed E-state index contributed by atoms with van der Waals surface area (Å²) in [5, 5.41) is 0.433. The maximum absolute atomic E-state index is 12.5. The molecule has 0 saturated heterocycles. The molecule has 2 nitrogen and oxygen atoms in total. The first-order chi connectivity index (χ1) is 8.81. The summed E-state index contributed by atoms with van der Waals surface area (Å²) in [6.07, 6.45) is -4.40. The molecule has 0 radical (unpaired) electrons. The largest absolute Gasteiger partial charge is 0.469 e. The standard InChI is InChI=1S/C13H12ClF3O2/c1-19-12(18)7-4-10(8-13(15,16)17)9-2-5-11(14)6-3-9/h2-3,5-6,8H,4,7H2,1H3/b10-8-. The van der Waals surface area contributed by atoms with Crippen LogP contribution in [-0.2, 0) is 9.53 Å². The molecule has 0 bridgehead atoms. The Labute approximate surface area is 113 Å². The Bertz CT molecular complexity index is 464. The molecule has 0 unspecified atom stereocenters. The molecule has 0 aromatic heterocycles. The molecule has 0 aliphatic heterocycles. The highest BCUT2D eigenvalue weighted by Gasteiger charge is 2.25. The van der Waals surface area contributed by atoms with E-state index in [1.807, 2.05) is 0 Å². The zero-order valence-electron chi connectivity index (χ0n) is 10.1. The van der Waals surface area contributed by atoms with Crippen molar-refractivity contribution in [1.82, 2.24) is 0 Å². The maximum Gasteiger partial charge on any atom is 0.410 e. The van der Waals surface area contributed by atoms with Gasteiger partial charge < -0.3 is 4.74 Å². The number of carbonyl (C=O) groups excluding carboxylic acids is 1. The van der Waals surface area contributed by atoms with Gasteiger partial charge in [0.1, 0.15) is 0 Å². The van der Waals surface area contributed by atoms with Crippen LogP contribution in [0, 0.1) is 0 Å². The quantitative estimate of drug-likeness (QED) is 0.776. The second-order valence-electron chi connectivity index (χ2n) is 3.79. The van der Waals surface area contributed by atoms with E-state index in [0.717, 1.165) is 0 Å². The molecule has 0 aliphatic carbocycles. The number of halogens is 4. The Hall–Kier alpha value is -1.49. The molecule has 0 N–H and O–H groups in total. The Morgan fingerprint density at radius 3 is 2.32 bits per heavy atom. The first-order valence-corrected chi connectivity index (χ1v) is 5.81. The van der Waals surface area contributed by atoms with Crippen molar-refractivity contribution in [3.05, 3.63) is 40.9 Å². The summed E-state index contributed by atoms with van der Waals surface area (Å²) >= 11 is 5.68. The van der Waals surface area contributed by atoms with Gasteiger partial charge in [-0.2, -0.15) is 13.2 Å². The molecule has 19 heavy (non-hydrogen) atoms. The molecule has 1 aromatic carbocycles. The number of esters is 1. The molecule has 0 heterocycles. The van der Waals surface area contributed by atoms with E-state index in [1.54, 1.807) is 0 Å². The number of allylic oxidation sites excluding steroid dienone is 2. The Morgan fingerprint density at radius 1 is 1.26 bits per heavy atom. The lowest BCUT2D eigenvalue weighted by Crippen LogP contribution is -2.05. The van der Waals surface area contributed by atoms with Crippen molar-refractivity contribution in [2.75, 3.05) is 7.11 Å². The summed E-state index contributed by atoms with van der Waals surface area (Å²) in [4.78, 5) is 11.0. The van der Waals surface area contributed by atoms with Gasteiger partial charge in [0.05, 0.1) is 7.11 Å². The van der Waals surface area contributed by atoms with Crippen LogP contribution in [0.4, 0.5) is 13.2 Å². The molecule has 0 saturated carbocycles. The van der Waals surface area contributed by atoms with Gasteiger partial charge in [-0.15, -0.1) is 0 Å². The zero-order valence-corrected chi connectivity index (χ0v) is 10.9. The van der Waals surface area contributed by atoms with E-state index < -0.39 is 12.1 Å². The van der Waals surface area contributed by atoms with Crippen LogP contribution >= 0.6 is 11.6 Å². The van der Waals surface area contributed by atoms with Crippen molar-refractivity contribution in [1.29, 1.82) is 0 Å². The fourth-order valence-corrected chi connectivity index (χ4v) is 1.63. The third-order valence-corrected chi connectivity index (χ3v) is 2.63. The second kappa shape index (κ2) is 6.61. The Balaban J connectivity index is 2.96. The maximum atomic E-state index is 12.5. The highest BCUT2D eigenvalue weighted by molar-refractivity contribution is 6.30. The third-order valence-electron chi connectivity index (χ3n) is 2.38. The molecule has 0 amide bonds. The monoisotopic (exact) mass is 292 g/mol. The molecule has 104 valence electrons. The SMILES string of the molecule is COC(=O)CC/C(=C/C(F)(F)F)c1ccc(Cl)cc1. The lowest BCUT2D eigenvalue weighted by atomic mass is 10.0. The van der Waals surface area contributed by atoms with Gasteiger partial charge in [-0.25, -0.2) is 0 Å². The molecule has 6 heteroatoms. The molecule has 0 aliphatic rings. The molecule has 1 rings (SSSR count). The average molecular weight is 293 g/mol. The number of methoxy groups -OCH3 is 1. The molecular formula is C13H12ClF3O2. The fourth-order valence-electron chi connectivity index (χ4n) is 1.50. The van der Waals surface area contributed by atoms with E-state index in [4.69, 9.17) is 11.6 Å². The van der Waals surface area contributed by atoms with Crippen molar-refractivity contribution < 1.29 is 22.7 Å². The number of carbonyl (C=O) groups is 1. The number of rotatable bonds is 4. The van der Waals surface area contributed by atoms with E-state index in [2.05, 4.69) is 4.74 Å². The number of hydrogen-bond donors (Lipinski definition) is 0. The van der Waals surface area contributed by atoms with E-state index in [-0.39, 0.29) is 24.5 Å². The van der Waals surface area contributed by atoms with Gasteiger partial charge in [-0.05, 0) is 29.7 Å².